The van der Waals surface area contributed by atoms with Crippen molar-refractivity contribution < 1.29 is 4.74 Å². The molecule has 2 N–H and O–H groups in total. The van der Waals surface area contributed by atoms with Gasteiger partial charge < -0.3 is 9.72 Å². The second kappa shape index (κ2) is 8.12. The highest BCUT2D eigenvalue weighted by molar-refractivity contribution is 7.98. The maximum atomic E-state index is 8.54. The number of imidazole rings is 1. The third-order valence-corrected chi connectivity index (χ3v) is 3.32. The Kier molecular flexibility index (Phi) is 6.70. The van der Waals surface area contributed by atoms with E-state index in [9.17, 15) is 0 Å². The molecule has 0 saturated heterocycles. The van der Waals surface area contributed by atoms with Crippen LogP contribution in [-0.2, 0) is 10.5 Å². The summed E-state index contributed by atoms with van der Waals surface area (Å²) in [7, 11) is 1.61. The van der Waals surface area contributed by atoms with E-state index in [1.165, 1.54) is 0 Å². The molecule has 6 heteroatoms. The number of H-pyrrole nitrogens is 1. The molecule has 17 heavy (non-hydrogen) atoms. The standard InChI is InChI=1S/C11H18N4OS/c1-9-10(15-8-14-9)7-17-6-5-13-11(16-2)3-4-12/h8,11,13H,3,5-7H2,1-2H3,(H,14,15). The Labute approximate surface area is 106 Å². The van der Waals surface area contributed by atoms with Gasteiger partial charge in [0.2, 0.25) is 0 Å². The zero-order chi connectivity index (χ0) is 12.5. The first-order chi connectivity index (χ1) is 8.27. The van der Waals surface area contributed by atoms with E-state index in [1.54, 1.807) is 13.4 Å². The first kappa shape index (κ1) is 14.0. The number of thioether (sulfide) groups is 1. The molecule has 1 unspecified atom stereocenters. The summed E-state index contributed by atoms with van der Waals surface area (Å²) in [5.41, 5.74) is 2.24. The van der Waals surface area contributed by atoms with E-state index in [2.05, 4.69) is 21.4 Å². The number of hydrogen-bond donors (Lipinski definition) is 2. The van der Waals surface area contributed by atoms with Crippen LogP contribution in [-0.4, -0.2) is 35.6 Å². The summed E-state index contributed by atoms with van der Waals surface area (Å²) >= 11 is 1.81. The van der Waals surface area contributed by atoms with Crippen molar-refractivity contribution in [3.8, 4) is 6.07 Å². The zero-order valence-electron chi connectivity index (χ0n) is 10.2. The maximum absolute atomic E-state index is 8.54. The molecule has 0 aliphatic heterocycles. The second-order valence-electron chi connectivity index (χ2n) is 3.57. The number of aryl methyl sites for hydroxylation is 1. The maximum Gasteiger partial charge on any atom is 0.120 e. The molecule has 1 heterocycles. The lowest BCUT2D eigenvalue weighted by Gasteiger charge is -2.13. The topological polar surface area (TPSA) is 73.7 Å². The Balaban J connectivity index is 2.09. The molecule has 1 rings (SSSR count). The van der Waals surface area contributed by atoms with Gasteiger partial charge >= 0.3 is 0 Å². The van der Waals surface area contributed by atoms with Crippen LogP contribution in [0, 0.1) is 18.3 Å². The van der Waals surface area contributed by atoms with Crippen molar-refractivity contribution in [2.45, 2.75) is 25.3 Å². The van der Waals surface area contributed by atoms with E-state index in [0.717, 1.165) is 29.4 Å². The lowest BCUT2D eigenvalue weighted by atomic mass is 10.4. The monoisotopic (exact) mass is 254 g/mol. The molecule has 0 aliphatic carbocycles. The SMILES string of the molecule is COC(CC#N)NCCSCc1nc[nH]c1C. The molecule has 1 aromatic rings. The van der Waals surface area contributed by atoms with Crippen LogP contribution >= 0.6 is 11.8 Å². The first-order valence-corrected chi connectivity index (χ1v) is 6.63. The molecule has 1 atom stereocenters. The molecular formula is C11H18N4OS. The van der Waals surface area contributed by atoms with E-state index in [1.807, 2.05) is 18.7 Å². The molecule has 0 amide bonds. The van der Waals surface area contributed by atoms with Crippen LogP contribution < -0.4 is 5.32 Å². The summed E-state index contributed by atoms with van der Waals surface area (Å²) in [5.74, 6) is 1.88. The minimum atomic E-state index is -0.160. The van der Waals surface area contributed by atoms with E-state index >= 15 is 0 Å². The van der Waals surface area contributed by atoms with Gasteiger partial charge in [0.15, 0.2) is 0 Å². The van der Waals surface area contributed by atoms with Crippen LogP contribution in [0.5, 0.6) is 0 Å². The lowest BCUT2D eigenvalue weighted by molar-refractivity contribution is 0.0798. The molecule has 0 bridgehead atoms. The normalized spacial score (nSPS) is 12.3. The van der Waals surface area contributed by atoms with Crippen molar-refractivity contribution in [1.29, 1.82) is 5.26 Å². The third kappa shape index (κ3) is 5.22. The second-order valence-corrected chi connectivity index (χ2v) is 4.67. The van der Waals surface area contributed by atoms with Gasteiger partial charge in [0.05, 0.1) is 24.5 Å². The summed E-state index contributed by atoms with van der Waals surface area (Å²) in [6.45, 7) is 2.85. The highest BCUT2D eigenvalue weighted by Gasteiger charge is 2.05. The Hall–Kier alpha value is -1.03. The smallest absolute Gasteiger partial charge is 0.120 e. The molecule has 0 radical (unpaired) electrons. The van der Waals surface area contributed by atoms with Gasteiger partial charge in [-0.25, -0.2) is 4.98 Å². The first-order valence-electron chi connectivity index (χ1n) is 5.47. The van der Waals surface area contributed by atoms with E-state index in [-0.39, 0.29) is 6.23 Å². The number of ether oxygens (including phenoxy) is 1. The number of methoxy groups -OCH3 is 1. The van der Waals surface area contributed by atoms with Crippen LogP contribution in [0.15, 0.2) is 6.33 Å². The number of aromatic nitrogens is 2. The van der Waals surface area contributed by atoms with E-state index in [0.29, 0.717) is 6.42 Å². The molecule has 0 saturated carbocycles. The average Bonchev–Trinajstić information content (AvgIpc) is 2.73. The predicted molar refractivity (Wildman–Crippen MR) is 68.5 cm³/mol. The van der Waals surface area contributed by atoms with E-state index < -0.39 is 0 Å². The van der Waals surface area contributed by atoms with Gasteiger partial charge in [-0.2, -0.15) is 17.0 Å². The summed E-state index contributed by atoms with van der Waals surface area (Å²) in [4.78, 5) is 7.29. The van der Waals surface area contributed by atoms with Gasteiger partial charge in [-0.3, -0.25) is 5.32 Å². The highest BCUT2D eigenvalue weighted by Crippen LogP contribution is 2.11. The number of nitriles is 1. The molecule has 5 nitrogen and oxygen atoms in total. The number of nitrogens with one attached hydrogen (secondary N) is 2. The van der Waals surface area contributed by atoms with Gasteiger partial charge in [-0.15, -0.1) is 0 Å². The molecule has 0 aromatic carbocycles. The number of aromatic amines is 1. The average molecular weight is 254 g/mol. The molecule has 0 spiro atoms. The van der Waals surface area contributed by atoms with E-state index in [4.69, 9.17) is 10.00 Å². The summed E-state index contributed by atoms with van der Waals surface area (Å²) in [6.07, 6.45) is 1.93. The molecule has 1 aromatic heterocycles. The van der Waals surface area contributed by atoms with Crippen molar-refractivity contribution in [3.63, 3.8) is 0 Å². The number of nitrogens with zero attached hydrogens (tertiary/aromatic N) is 2. The van der Waals surface area contributed by atoms with Crippen molar-refractivity contribution in [3.05, 3.63) is 17.7 Å². The molecule has 0 fully saturated rings. The number of hydrogen-bond acceptors (Lipinski definition) is 5. The predicted octanol–water partition coefficient (Wildman–Crippen LogP) is 1.43. The summed E-state index contributed by atoms with van der Waals surface area (Å²) < 4.78 is 5.10. The van der Waals surface area contributed by atoms with Crippen molar-refractivity contribution in [2.24, 2.45) is 0 Å². The van der Waals surface area contributed by atoms with Crippen LogP contribution in [0.25, 0.3) is 0 Å². The molecular weight excluding hydrogens is 236 g/mol. The Morgan fingerprint density at radius 3 is 3.12 bits per heavy atom. The van der Waals surface area contributed by atoms with Gasteiger partial charge in [-0.1, -0.05) is 0 Å². The fourth-order valence-electron chi connectivity index (χ4n) is 1.32. The minimum Gasteiger partial charge on any atom is -0.366 e. The van der Waals surface area contributed by atoms with Gasteiger partial charge in [-0.05, 0) is 6.92 Å². The molecule has 94 valence electrons. The van der Waals surface area contributed by atoms with Crippen molar-refractivity contribution >= 4 is 11.8 Å². The van der Waals surface area contributed by atoms with Crippen LogP contribution in [0.1, 0.15) is 17.8 Å². The molecule has 0 aliphatic rings. The fourth-order valence-corrected chi connectivity index (χ4v) is 2.21. The van der Waals surface area contributed by atoms with Gasteiger partial charge in [0.1, 0.15) is 6.23 Å². The summed E-state index contributed by atoms with van der Waals surface area (Å²) in [5, 5.41) is 11.7. The number of rotatable bonds is 8. The van der Waals surface area contributed by atoms with Crippen molar-refractivity contribution in [2.75, 3.05) is 19.4 Å². The van der Waals surface area contributed by atoms with Crippen LogP contribution in [0.3, 0.4) is 0 Å². The largest absolute Gasteiger partial charge is 0.366 e. The summed E-state index contributed by atoms with van der Waals surface area (Å²) in [6, 6.07) is 2.08. The Bertz CT molecular complexity index is 361. The Morgan fingerprint density at radius 2 is 2.53 bits per heavy atom. The zero-order valence-corrected chi connectivity index (χ0v) is 11.0. The van der Waals surface area contributed by atoms with Gasteiger partial charge in [0.25, 0.3) is 0 Å². The minimum absolute atomic E-state index is 0.160. The lowest BCUT2D eigenvalue weighted by Crippen LogP contribution is -2.32. The highest BCUT2D eigenvalue weighted by atomic mass is 32.2. The van der Waals surface area contributed by atoms with Crippen LogP contribution in [0.2, 0.25) is 0 Å². The van der Waals surface area contributed by atoms with Crippen LogP contribution in [0.4, 0.5) is 0 Å². The van der Waals surface area contributed by atoms with Gasteiger partial charge in [0, 0.05) is 30.9 Å². The van der Waals surface area contributed by atoms with Crippen molar-refractivity contribution in [1.82, 2.24) is 15.3 Å². The third-order valence-electron chi connectivity index (χ3n) is 2.35. The quantitative estimate of drug-likeness (QED) is 0.542. The Morgan fingerprint density at radius 1 is 1.71 bits per heavy atom. The fraction of sp³-hybridized carbons (Fsp3) is 0.636.